The van der Waals surface area contributed by atoms with Crippen LogP contribution >= 0.6 is 0 Å². The van der Waals surface area contributed by atoms with Crippen molar-refractivity contribution in [1.29, 1.82) is 0 Å². The fourth-order valence-electron chi connectivity index (χ4n) is 0.460. The molecule has 0 saturated heterocycles. The van der Waals surface area contributed by atoms with Crippen LogP contribution in [0.25, 0.3) is 0 Å². The summed E-state index contributed by atoms with van der Waals surface area (Å²) in [6.07, 6.45) is 0. The summed E-state index contributed by atoms with van der Waals surface area (Å²) in [5, 5.41) is 0. The fraction of sp³-hybridized carbons (Fsp3) is 0. The van der Waals surface area contributed by atoms with Crippen molar-refractivity contribution < 1.29 is 8.78 Å². The number of hydrogen-bond acceptors (Lipinski definition) is 0. The normalized spacial score (nSPS) is 9.25. The van der Waals surface area contributed by atoms with Crippen LogP contribution in [-0.2, 0) is 0 Å². The molecule has 0 atom stereocenters. The van der Waals surface area contributed by atoms with Crippen LogP contribution in [0.4, 0.5) is 8.78 Å². The van der Waals surface area contributed by atoms with Gasteiger partial charge in [-0.2, -0.15) is 0 Å². The summed E-state index contributed by atoms with van der Waals surface area (Å²) in [5.74, 6) is 0. The minimum absolute atomic E-state index is 0.329. The van der Waals surface area contributed by atoms with Crippen LogP contribution in [0, 0.1) is 10.9 Å². The van der Waals surface area contributed by atoms with Crippen molar-refractivity contribution in [1.82, 2.24) is 0 Å². The van der Waals surface area contributed by atoms with E-state index in [-0.39, 0.29) is 10.9 Å². The molecule has 3 heteroatoms. The summed E-state index contributed by atoms with van der Waals surface area (Å²) >= 11 is 0. The Morgan fingerprint density at radius 3 is 1.88 bits per heavy atom. The average molecular weight is 130 g/mol. The largest absolute Gasteiger partial charge is 0.213 e. The van der Waals surface area contributed by atoms with E-state index in [4.69, 9.17) is 0 Å². The predicted molar refractivity (Wildman–Crippen MR) is 29.1 cm³/mol. The van der Waals surface area contributed by atoms with Gasteiger partial charge in [-0.05, 0) is 12.1 Å². The van der Waals surface area contributed by atoms with Gasteiger partial charge in [0.15, 0.2) is 0 Å². The first-order valence-electron chi connectivity index (χ1n) is 2.20. The van der Waals surface area contributed by atoms with Gasteiger partial charge in [-0.1, -0.05) is 6.07 Å². The Labute approximate surface area is 47.9 Å². The van der Waals surface area contributed by atoms with Gasteiger partial charge in [0.25, 0.3) is 0 Å². The number of halogens is 2. The molecule has 42 valence electrons. The molecule has 0 N–H and O–H groups in total. The first kappa shape index (κ1) is 5.56. The van der Waals surface area contributed by atoms with E-state index in [1.54, 1.807) is 0 Å². The minimum Gasteiger partial charge on any atom is -0.213 e. The molecular formula is C5H4F2Si. The van der Waals surface area contributed by atoms with E-state index < -0.39 is 9.12 Å². The van der Waals surface area contributed by atoms with Crippen LogP contribution in [0.2, 0.25) is 0 Å². The zero-order chi connectivity index (χ0) is 5.98. The summed E-state index contributed by atoms with van der Waals surface area (Å²) in [7, 11) is -0.839. The Morgan fingerprint density at radius 1 is 1.12 bits per heavy atom. The van der Waals surface area contributed by atoms with Crippen molar-refractivity contribution in [2.45, 2.75) is 0 Å². The van der Waals surface area contributed by atoms with E-state index in [0.29, 0.717) is 0 Å². The van der Waals surface area contributed by atoms with Gasteiger partial charge >= 0.3 is 0 Å². The maximum absolute atomic E-state index is 12.0. The minimum atomic E-state index is -0.839. The third-order valence-electron chi connectivity index (χ3n) is 0.787. The van der Waals surface area contributed by atoms with E-state index in [1.165, 1.54) is 18.2 Å². The highest BCUT2D eigenvalue weighted by Crippen LogP contribution is 1.92. The van der Waals surface area contributed by atoms with Crippen molar-refractivity contribution in [3.05, 3.63) is 29.1 Å². The molecule has 0 aromatic carbocycles. The number of hydrogen-bond donors (Lipinski definition) is 0. The predicted octanol–water partition coefficient (Wildman–Crippen LogP) is 1.04. The molecule has 0 aliphatic heterocycles. The summed E-state index contributed by atoms with van der Waals surface area (Å²) < 4.78 is 24.0. The van der Waals surface area contributed by atoms with Crippen LogP contribution in [0.15, 0.2) is 18.2 Å². The molecule has 1 aromatic heterocycles. The standard InChI is InChI=1S/C5H4F2Si/c6-4-2-1-3-5(7)8-4/h1-3,8H. The summed E-state index contributed by atoms with van der Waals surface area (Å²) in [6.45, 7) is 0. The van der Waals surface area contributed by atoms with Gasteiger partial charge in [0.05, 0.1) is 10.9 Å². The molecular weight excluding hydrogens is 126 g/mol. The molecule has 1 aromatic rings. The van der Waals surface area contributed by atoms with Crippen molar-refractivity contribution in [2.24, 2.45) is 0 Å². The van der Waals surface area contributed by atoms with Crippen molar-refractivity contribution in [3.63, 3.8) is 0 Å². The second-order valence-electron chi connectivity index (χ2n) is 1.44. The Kier molecular flexibility index (Phi) is 1.48. The van der Waals surface area contributed by atoms with Crippen LogP contribution in [-0.4, -0.2) is 9.12 Å². The topological polar surface area (TPSA) is 0 Å². The van der Waals surface area contributed by atoms with E-state index in [9.17, 15) is 8.78 Å². The molecule has 0 fully saturated rings. The van der Waals surface area contributed by atoms with Crippen LogP contribution in [0.1, 0.15) is 0 Å². The molecule has 0 amide bonds. The Balaban J connectivity index is 3.08. The second-order valence-corrected chi connectivity index (χ2v) is 2.83. The lowest BCUT2D eigenvalue weighted by Gasteiger charge is -1.83. The zero-order valence-electron chi connectivity index (χ0n) is 4.07. The Hall–Kier alpha value is -0.573. The highest BCUT2D eigenvalue weighted by atomic mass is 28.2. The van der Waals surface area contributed by atoms with Gasteiger partial charge in [0.1, 0.15) is 9.12 Å². The van der Waals surface area contributed by atoms with Crippen LogP contribution in [0.5, 0.6) is 0 Å². The fourth-order valence-corrected chi connectivity index (χ4v) is 1.14. The quantitative estimate of drug-likeness (QED) is 0.460. The third kappa shape index (κ3) is 1.20. The third-order valence-corrected chi connectivity index (χ3v) is 1.72. The van der Waals surface area contributed by atoms with E-state index in [2.05, 4.69) is 0 Å². The van der Waals surface area contributed by atoms with E-state index in [1.807, 2.05) is 0 Å². The van der Waals surface area contributed by atoms with Gasteiger partial charge in [0, 0.05) is 0 Å². The number of rotatable bonds is 0. The highest BCUT2D eigenvalue weighted by Gasteiger charge is 1.88. The van der Waals surface area contributed by atoms with Gasteiger partial charge in [-0.15, -0.1) is 0 Å². The van der Waals surface area contributed by atoms with E-state index >= 15 is 0 Å². The monoisotopic (exact) mass is 130 g/mol. The molecule has 8 heavy (non-hydrogen) atoms. The lowest BCUT2D eigenvalue weighted by atomic mass is 10.6. The lowest BCUT2D eigenvalue weighted by molar-refractivity contribution is 0.626. The van der Waals surface area contributed by atoms with Gasteiger partial charge in [-0.3, -0.25) is 0 Å². The molecule has 1 rings (SSSR count). The molecule has 0 aliphatic carbocycles. The molecule has 0 spiro atoms. The lowest BCUT2D eigenvalue weighted by Crippen LogP contribution is -1.85. The Bertz CT molecular complexity index is 170. The van der Waals surface area contributed by atoms with Gasteiger partial charge < -0.3 is 0 Å². The van der Waals surface area contributed by atoms with E-state index in [0.717, 1.165) is 0 Å². The van der Waals surface area contributed by atoms with Crippen molar-refractivity contribution in [3.8, 4) is 0 Å². The first-order chi connectivity index (χ1) is 3.79. The average Bonchev–Trinajstić information content (AvgIpc) is 1.64. The second kappa shape index (κ2) is 2.13. The van der Waals surface area contributed by atoms with Crippen LogP contribution in [0.3, 0.4) is 0 Å². The zero-order valence-corrected chi connectivity index (χ0v) is 5.22. The molecule has 0 saturated carbocycles. The highest BCUT2D eigenvalue weighted by molar-refractivity contribution is 6.28. The molecule has 1 heterocycles. The smallest absolute Gasteiger partial charge is 0.113 e. The molecule has 0 unspecified atom stereocenters. The SMILES string of the molecule is Fc1cccc(F)[siH]1. The first-order valence-corrected chi connectivity index (χ1v) is 3.35. The molecule has 0 nitrogen and oxygen atoms in total. The summed E-state index contributed by atoms with van der Waals surface area (Å²) in [5.41, 5.74) is -0.657. The maximum Gasteiger partial charge on any atom is 0.113 e. The summed E-state index contributed by atoms with van der Waals surface area (Å²) in [4.78, 5) is 0. The van der Waals surface area contributed by atoms with Crippen molar-refractivity contribution in [2.75, 3.05) is 0 Å². The van der Waals surface area contributed by atoms with Crippen LogP contribution < -0.4 is 0 Å². The van der Waals surface area contributed by atoms with Gasteiger partial charge in [0.2, 0.25) is 0 Å². The molecule has 0 bridgehead atoms. The maximum atomic E-state index is 12.0. The molecule has 0 aliphatic rings. The van der Waals surface area contributed by atoms with Crippen molar-refractivity contribution >= 4 is 9.12 Å². The Morgan fingerprint density at radius 2 is 1.62 bits per heavy atom. The summed E-state index contributed by atoms with van der Waals surface area (Å²) in [6, 6.07) is 3.96. The van der Waals surface area contributed by atoms with Gasteiger partial charge in [-0.25, -0.2) is 8.78 Å². The molecule has 0 radical (unpaired) electrons.